The Bertz CT molecular complexity index is 623. The Balaban J connectivity index is 1.95. The molecule has 3 atom stereocenters. The Kier molecular flexibility index (Phi) is 4.04. The smallest absolute Gasteiger partial charge is 0.158 e. The fraction of sp³-hybridized carbons (Fsp3) is 0.650. The van der Waals surface area contributed by atoms with Gasteiger partial charge in [0.15, 0.2) is 5.78 Å². The van der Waals surface area contributed by atoms with Gasteiger partial charge in [0.25, 0.3) is 0 Å². The second-order valence-electron chi connectivity index (χ2n) is 8.21. The Hall–Kier alpha value is -1.35. The number of allylic oxidation sites excluding steroid dienone is 2. The summed E-state index contributed by atoms with van der Waals surface area (Å²) in [5.41, 5.74) is 3.24. The molecule has 2 aliphatic rings. The van der Waals surface area contributed by atoms with Crippen molar-refractivity contribution in [1.82, 2.24) is 0 Å². The molecule has 2 aliphatic carbocycles. The van der Waals surface area contributed by atoms with Crippen LogP contribution in [0.5, 0.6) is 0 Å². The third-order valence-electron chi connectivity index (χ3n) is 6.66. The van der Waals surface area contributed by atoms with E-state index >= 15 is 0 Å². The fourth-order valence-corrected chi connectivity index (χ4v) is 5.00. The van der Waals surface area contributed by atoms with Crippen molar-refractivity contribution in [2.75, 3.05) is 0 Å². The molecule has 3 heteroatoms. The fourth-order valence-electron chi connectivity index (χ4n) is 5.00. The number of fused-ring (bicyclic) bond motifs is 1. The molecule has 0 saturated heterocycles. The number of aliphatic hydroxyl groups is 1. The van der Waals surface area contributed by atoms with Gasteiger partial charge in [0.1, 0.15) is 0 Å². The molecule has 0 unspecified atom stereocenters. The molecule has 0 aliphatic heterocycles. The maximum absolute atomic E-state index is 12.6. The summed E-state index contributed by atoms with van der Waals surface area (Å²) >= 11 is 0. The number of furan rings is 1. The lowest BCUT2D eigenvalue weighted by atomic mass is 9.49. The van der Waals surface area contributed by atoms with Gasteiger partial charge in [-0.3, -0.25) is 4.79 Å². The van der Waals surface area contributed by atoms with Crippen LogP contribution < -0.4 is 0 Å². The van der Waals surface area contributed by atoms with E-state index in [-0.39, 0.29) is 28.6 Å². The molecule has 0 aromatic carbocycles. The third-order valence-corrected chi connectivity index (χ3v) is 6.66. The molecule has 0 radical (unpaired) electrons. The molecule has 0 bridgehead atoms. The molecular weight excluding hydrogens is 288 g/mol. The summed E-state index contributed by atoms with van der Waals surface area (Å²) in [6, 6.07) is 1.99. The van der Waals surface area contributed by atoms with Crippen LogP contribution in [0.4, 0.5) is 0 Å². The van der Waals surface area contributed by atoms with Crippen molar-refractivity contribution >= 4 is 5.78 Å². The van der Waals surface area contributed by atoms with Crippen molar-refractivity contribution in [3.63, 3.8) is 0 Å². The average molecular weight is 316 g/mol. The monoisotopic (exact) mass is 316 g/mol. The van der Waals surface area contributed by atoms with Gasteiger partial charge in [-0.2, -0.15) is 0 Å². The number of carbonyl (C=O) groups excluding carboxylic acids is 1. The summed E-state index contributed by atoms with van der Waals surface area (Å²) in [4.78, 5) is 12.6. The first-order valence-corrected chi connectivity index (χ1v) is 8.69. The highest BCUT2D eigenvalue weighted by atomic mass is 16.3. The highest BCUT2D eigenvalue weighted by Gasteiger charge is 2.55. The van der Waals surface area contributed by atoms with E-state index in [4.69, 9.17) is 4.42 Å². The number of aliphatic hydroxyl groups excluding tert-OH is 1. The summed E-state index contributed by atoms with van der Waals surface area (Å²) in [7, 11) is 0. The number of Topliss-reactive ketones (excluding diaryl/α,β-unsaturated/α-hetero) is 1. The lowest BCUT2D eigenvalue weighted by Gasteiger charge is -2.56. The zero-order valence-electron chi connectivity index (χ0n) is 14.7. The molecule has 1 N–H and O–H groups in total. The maximum atomic E-state index is 12.6. The average Bonchev–Trinajstić information content (AvgIpc) is 3.00. The van der Waals surface area contributed by atoms with Gasteiger partial charge in [0.2, 0.25) is 0 Å². The molecule has 3 rings (SSSR count). The van der Waals surface area contributed by atoms with Crippen molar-refractivity contribution in [2.24, 2.45) is 16.7 Å². The van der Waals surface area contributed by atoms with Gasteiger partial charge in [0.05, 0.1) is 18.6 Å². The van der Waals surface area contributed by atoms with Gasteiger partial charge < -0.3 is 9.52 Å². The lowest BCUT2D eigenvalue weighted by molar-refractivity contribution is -0.129. The van der Waals surface area contributed by atoms with Crippen molar-refractivity contribution in [3.8, 4) is 0 Å². The second kappa shape index (κ2) is 5.62. The number of hydrogen-bond donors (Lipinski definition) is 1. The third kappa shape index (κ3) is 2.59. The SMILES string of the molecule is CC1=C(CCc2ccoc2)[C@]2(C)CC[C@@H](O)C(C)(C)[C@@H]2CC1=O. The summed E-state index contributed by atoms with van der Waals surface area (Å²) in [5, 5.41) is 10.5. The van der Waals surface area contributed by atoms with E-state index in [1.807, 2.05) is 13.0 Å². The van der Waals surface area contributed by atoms with Crippen LogP contribution in [0.15, 0.2) is 34.2 Å². The van der Waals surface area contributed by atoms with Crippen LogP contribution in [0, 0.1) is 16.7 Å². The topological polar surface area (TPSA) is 50.4 Å². The van der Waals surface area contributed by atoms with Gasteiger partial charge in [0, 0.05) is 6.42 Å². The number of rotatable bonds is 3. The van der Waals surface area contributed by atoms with E-state index in [1.54, 1.807) is 12.5 Å². The predicted molar refractivity (Wildman–Crippen MR) is 90.0 cm³/mol. The van der Waals surface area contributed by atoms with Gasteiger partial charge in [-0.1, -0.05) is 26.3 Å². The Morgan fingerprint density at radius 2 is 2.04 bits per heavy atom. The molecule has 1 heterocycles. The summed E-state index contributed by atoms with van der Waals surface area (Å²) in [6.07, 6.45) is 7.33. The molecule has 1 fully saturated rings. The largest absolute Gasteiger partial charge is 0.472 e. The van der Waals surface area contributed by atoms with Crippen LogP contribution >= 0.6 is 0 Å². The molecule has 1 aromatic rings. The molecule has 0 spiro atoms. The minimum absolute atomic E-state index is 0.0183. The Morgan fingerprint density at radius 1 is 1.30 bits per heavy atom. The first-order valence-electron chi connectivity index (χ1n) is 8.69. The van der Waals surface area contributed by atoms with E-state index in [0.29, 0.717) is 6.42 Å². The molecule has 23 heavy (non-hydrogen) atoms. The maximum Gasteiger partial charge on any atom is 0.158 e. The zero-order chi connectivity index (χ0) is 16.8. The van der Waals surface area contributed by atoms with Gasteiger partial charge in [-0.25, -0.2) is 0 Å². The first-order chi connectivity index (χ1) is 10.8. The van der Waals surface area contributed by atoms with Crippen LogP contribution in [0.3, 0.4) is 0 Å². The molecule has 1 saturated carbocycles. The summed E-state index contributed by atoms with van der Waals surface area (Å²) in [6.45, 7) is 8.56. The minimum atomic E-state index is -0.318. The van der Waals surface area contributed by atoms with Gasteiger partial charge in [-0.05, 0) is 66.6 Å². The second-order valence-corrected chi connectivity index (χ2v) is 8.21. The van der Waals surface area contributed by atoms with Gasteiger partial charge >= 0.3 is 0 Å². The quantitative estimate of drug-likeness (QED) is 0.904. The first kappa shape index (κ1) is 16.5. The van der Waals surface area contributed by atoms with E-state index in [0.717, 1.165) is 31.3 Å². The van der Waals surface area contributed by atoms with E-state index < -0.39 is 0 Å². The number of hydrogen-bond acceptors (Lipinski definition) is 3. The van der Waals surface area contributed by atoms with Crippen LogP contribution in [-0.2, 0) is 11.2 Å². The van der Waals surface area contributed by atoms with E-state index in [1.165, 1.54) is 11.1 Å². The predicted octanol–water partition coefficient (Wildman–Crippen LogP) is 4.30. The highest BCUT2D eigenvalue weighted by molar-refractivity contribution is 5.97. The van der Waals surface area contributed by atoms with Crippen LogP contribution in [-0.4, -0.2) is 17.0 Å². The van der Waals surface area contributed by atoms with Crippen LogP contribution in [0.1, 0.15) is 58.9 Å². The standard InChI is InChI=1S/C20H28O3/c1-13-15(6-5-14-8-10-23-12-14)20(4)9-7-18(22)19(2,3)17(20)11-16(13)21/h8,10,12,17-18,22H,5-7,9,11H2,1-4H3/t17-,18+,20-/m0/s1. The zero-order valence-corrected chi connectivity index (χ0v) is 14.7. The van der Waals surface area contributed by atoms with Gasteiger partial charge in [-0.15, -0.1) is 0 Å². The van der Waals surface area contributed by atoms with Crippen LogP contribution in [0.2, 0.25) is 0 Å². The summed E-state index contributed by atoms with van der Waals surface area (Å²) in [5.74, 6) is 0.478. The van der Waals surface area contributed by atoms with Crippen molar-refractivity contribution in [3.05, 3.63) is 35.3 Å². The normalized spacial score (nSPS) is 33.7. The minimum Gasteiger partial charge on any atom is -0.472 e. The van der Waals surface area contributed by atoms with E-state index in [9.17, 15) is 9.90 Å². The molecule has 1 aromatic heterocycles. The number of carbonyl (C=O) groups is 1. The summed E-state index contributed by atoms with van der Waals surface area (Å²) < 4.78 is 5.17. The molecule has 3 nitrogen and oxygen atoms in total. The van der Waals surface area contributed by atoms with Crippen LogP contribution in [0.25, 0.3) is 0 Å². The van der Waals surface area contributed by atoms with Crippen molar-refractivity contribution < 1.29 is 14.3 Å². The molecule has 126 valence electrons. The molecular formula is C20H28O3. The van der Waals surface area contributed by atoms with Crippen molar-refractivity contribution in [2.45, 2.75) is 65.9 Å². The number of aryl methyl sites for hydroxylation is 1. The molecule has 0 amide bonds. The van der Waals surface area contributed by atoms with E-state index in [2.05, 4.69) is 20.8 Å². The number of ketones is 1. The lowest BCUT2D eigenvalue weighted by Crippen LogP contribution is -2.53. The Labute approximate surface area is 138 Å². The van der Waals surface area contributed by atoms with Crippen molar-refractivity contribution in [1.29, 1.82) is 0 Å². The Morgan fingerprint density at radius 3 is 2.70 bits per heavy atom. The highest BCUT2D eigenvalue weighted by Crippen LogP contribution is 2.59.